The van der Waals surface area contributed by atoms with Crippen molar-refractivity contribution in [3.8, 4) is 17.1 Å². The number of pyridine rings is 1. The molecule has 0 bridgehead atoms. The van der Waals surface area contributed by atoms with Gasteiger partial charge in [0.25, 0.3) is 5.91 Å². The number of nitrogens with one attached hydrogen (secondary N) is 1. The quantitative estimate of drug-likeness (QED) is 0.487. The molecule has 2 aromatic heterocycles. The van der Waals surface area contributed by atoms with Crippen molar-refractivity contribution < 1.29 is 9.18 Å². The standard InChI is InChI=1S/C23H19ClFN5O/c1-15-18(25)5-4-7-20(15)30-22(19-6-2-3-13-26-19)21(28-29-30)23(31)27-14-12-16-8-10-17(24)11-9-16/h2-11,13H,12,14H2,1H3,(H,27,31). The number of hydrogen-bond donors (Lipinski definition) is 1. The third-order valence-electron chi connectivity index (χ3n) is 4.87. The summed E-state index contributed by atoms with van der Waals surface area (Å²) in [7, 11) is 0. The van der Waals surface area contributed by atoms with Crippen LogP contribution in [-0.4, -0.2) is 32.4 Å². The summed E-state index contributed by atoms with van der Waals surface area (Å²) >= 11 is 5.91. The summed E-state index contributed by atoms with van der Waals surface area (Å²) in [6, 6.07) is 17.5. The number of carbonyl (C=O) groups excluding carboxylic acids is 1. The number of amides is 1. The number of hydrogen-bond acceptors (Lipinski definition) is 4. The van der Waals surface area contributed by atoms with Gasteiger partial charge in [0.2, 0.25) is 0 Å². The lowest BCUT2D eigenvalue weighted by Gasteiger charge is -2.11. The number of carbonyl (C=O) groups is 1. The van der Waals surface area contributed by atoms with Crippen LogP contribution < -0.4 is 5.32 Å². The van der Waals surface area contributed by atoms with Gasteiger partial charge < -0.3 is 5.32 Å². The van der Waals surface area contributed by atoms with Gasteiger partial charge >= 0.3 is 0 Å². The fourth-order valence-electron chi connectivity index (χ4n) is 3.22. The highest BCUT2D eigenvalue weighted by atomic mass is 35.5. The molecule has 0 atom stereocenters. The third kappa shape index (κ3) is 4.46. The Bertz CT molecular complexity index is 1210. The maximum Gasteiger partial charge on any atom is 0.274 e. The fourth-order valence-corrected chi connectivity index (χ4v) is 3.34. The van der Waals surface area contributed by atoms with Gasteiger partial charge in [-0.3, -0.25) is 9.78 Å². The maximum absolute atomic E-state index is 14.2. The van der Waals surface area contributed by atoms with E-state index in [1.54, 1.807) is 43.5 Å². The summed E-state index contributed by atoms with van der Waals surface area (Å²) in [5.74, 6) is -0.746. The van der Waals surface area contributed by atoms with Gasteiger partial charge in [-0.1, -0.05) is 41.1 Å². The normalized spacial score (nSPS) is 10.8. The number of benzene rings is 2. The van der Waals surface area contributed by atoms with Gasteiger partial charge in [0.15, 0.2) is 5.69 Å². The Labute approximate surface area is 183 Å². The van der Waals surface area contributed by atoms with E-state index in [2.05, 4.69) is 20.6 Å². The zero-order valence-electron chi connectivity index (χ0n) is 16.7. The van der Waals surface area contributed by atoms with Crippen molar-refractivity contribution in [2.45, 2.75) is 13.3 Å². The van der Waals surface area contributed by atoms with E-state index in [9.17, 15) is 9.18 Å². The van der Waals surface area contributed by atoms with Crippen molar-refractivity contribution in [2.75, 3.05) is 6.54 Å². The second kappa shape index (κ2) is 9.06. The Morgan fingerprint density at radius 1 is 1.10 bits per heavy atom. The van der Waals surface area contributed by atoms with Crippen molar-refractivity contribution >= 4 is 17.5 Å². The summed E-state index contributed by atoms with van der Waals surface area (Å²) in [6.07, 6.45) is 2.26. The molecule has 0 aliphatic heterocycles. The largest absolute Gasteiger partial charge is 0.350 e. The summed E-state index contributed by atoms with van der Waals surface area (Å²) in [6.45, 7) is 2.06. The summed E-state index contributed by atoms with van der Waals surface area (Å²) in [4.78, 5) is 17.3. The van der Waals surface area contributed by atoms with Crippen LogP contribution in [-0.2, 0) is 6.42 Å². The molecule has 1 amide bonds. The first kappa shape index (κ1) is 20.7. The van der Waals surface area contributed by atoms with Gasteiger partial charge in [0.05, 0.1) is 11.4 Å². The van der Waals surface area contributed by atoms with Crippen LogP contribution in [0.25, 0.3) is 17.1 Å². The minimum Gasteiger partial charge on any atom is -0.350 e. The Morgan fingerprint density at radius 2 is 1.90 bits per heavy atom. The molecule has 4 aromatic rings. The number of rotatable bonds is 6. The molecule has 2 aromatic carbocycles. The number of aromatic nitrogens is 4. The van der Waals surface area contributed by atoms with E-state index in [1.807, 2.05) is 24.3 Å². The molecular formula is C23H19ClFN5O. The van der Waals surface area contributed by atoms with Crippen LogP contribution in [0.4, 0.5) is 4.39 Å². The van der Waals surface area contributed by atoms with Gasteiger partial charge in [-0.05, 0) is 55.3 Å². The molecule has 0 saturated carbocycles. The molecule has 156 valence electrons. The molecule has 0 saturated heterocycles. The number of nitrogens with zero attached hydrogens (tertiary/aromatic N) is 4. The van der Waals surface area contributed by atoms with Gasteiger partial charge in [-0.2, -0.15) is 0 Å². The average Bonchev–Trinajstić information content (AvgIpc) is 3.22. The molecule has 6 nitrogen and oxygen atoms in total. The minimum atomic E-state index is -0.380. The molecular weight excluding hydrogens is 417 g/mol. The lowest BCUT2D eigenvalue weighted by molar-refractivity contribution is 0.0949. The second-order valence-corrected chi connectivity index (χ2v) is 7.37. The molecule has 1 N–H and O–H groups in total. The molecule has 2 heterocycles. The molecule has 0 fully saturated rings. The highest BCUT2D eigenvalue weighted by molar-refractivity contribution is 6.30. The Balaban J connectivity index is 1.64. The Kier molecular flexibility index (Phi) is 6.04. The van der Waals surface area contributed by atoms with Gasteiger partial charge in [0, 0.05) is 23.3 Å². The summed E-state index contributed by atoms with van der Waals surface area (Å²) in [5.41, 5.74) is 2.98. The summed E-state index contributed by atoms with van der Waals surface area (Å²) in [5, 5.41) is 11.8. The van der Waals surface area contributed by atoms with E-state index in [0.717, 1.165) is 5.56 Å². The fraction of sp³-hybridized carbons (Fsp3) is 0.130. The van der Waals surface area contributed by atoms with Crippen LogP contribution in [0.15, 0.2) is 66.9 Å². The van der Waals surface area contributed by atoms with E-state index in [1.165, 1.54) is 10.7 Å². The SMILES string of the molecule is Cc1c(F)cccc1-n1nnc(C(=O)NCCc2ccc(Cl)cc2)c1-c1ccccn1. The molecule has 0 unspecified atom stereocenters. The Morgan fingerprint density at radius 3 is 2.65 bits per heavy atom. The first-order chi connectivity index (χ1) is 15.0. The van der Waals surface area contributed by atoms with Crippen LogP contribution in [0.3, 0.4) is 0 Å². The average molecular weight is 436 g/mol. The van der Waals surface area contributed by atoms with Crippen molar-refractivity contribution in [1.82, 2.24) is 25.3 Å². The van der Waals surface area contributed by atoms with E-state index in [0.29, 0.717) is 40.6 Å². The van der Waals surface area contributed by atoms with Crippen LogP contribution in [0.2, 0.25) is 5.02 Å². The lowest BCUT2D eigenvalue weighted by Crippen LogP contribution is -2.26. The lowest BCUT2D eigenvalue weighted by atomic mass is 10.1. The summed E-state index contributed by atoms with van der Waals surface area (Å²) < 4.78 is 15.6. The smallest absolute Gasteiger partial charge is 0.274 e. The minimum absolute atomic E-state index is 0.124. The van der Waals surface area contributed by atoms with Gasteiger partial charge in [0.1, 0.15) is 11.5 Å². The molecule has 8 heteroatoms. The van der Waals surface area contributed by atoms with Gasteiger partial charge in [-0.15, -0.1) is 5.10 Å². The van der Waals surface area contributed by atoms with Crippen LogP contribution in [0.1, 0.15) is 21.6 Å². The molecule has 31 heavy (non-hydrogen) atoms. The maximum atomic E-state index is 14.2. The van der Waals surface area contributed by atoms with E-state index < -0.39 is 0 Å². The third-order valence-corrected chi connectivity index (χ3v) is 5.12. The van der Waals surface area contributed by atoms with E-state index in [-0.39, 0.29) is 17.4 Å². The first-order valence-corrected chi connectivity index (χ1v) is 10.1. The van der Waals surface area contributed by atoms with Crippen LogP contribution >= 0.6 is 11.6 Å². The zero-order valence-corrected chi connectivity index (χ0v) is 17.5. The highest BCUT2D eigenvalue weighted by Gasteiger charge is 2.24. The topological polar surface area (TPSA) is 72.7 Å². The monoisotopic (exact) mass is 435 g/mol. The molecule has 4 rings (SSSR count). The van der Waals surface area contributed by atoms with Crippen molar-refractivity contribution in [3.05, 3.63) is 94.5 Å². The second-order valence-electron chi connectivity index (χ2n) is 6.93. The molecule has 0 aliphatic carbocycles. The van der Waals surface area contributed by atoms with Crippen molar-refractivity contribution in [2.24, 2.45) is 0 Å². The zero-order chi connectivity index (χ0) is 21.8. The molecule has 0 radical (unpaired) electrons. The predicted octanol–water partition coefficient (Wildman–Crippen LogP) is 4.40. The first-order valence-electron chi connectivity index (χ1n) is 9.70. The van der Waals surface area contributed by atoms with Gasteiger partial charge in [-0.25, -0.2) is 9.07 Å². The van der Waals surface area contributed by atoms with Crippen LogP contribution in [0.5, 0.6) is 0 Å². The van der Waals surface area contributed by atoms with Crippen molar-refractivity contribution in [1.29, 1.82) is 0 Å². The van der Waals surface area contributed by atoms with E-state index >= 15 is 0 Å². The van der Waals surface area contributed by atoms with E-state index in [4.69, 9.17) is 11.6 Å². The predicted molar refractivity (Wildman–Crippen MR) is 117 cm³/mol. The molecule has 0 aliphatic rings. The highest BCUT2D eigenvalue weighted by Crippen LogP contribution is 2.26. The Hall–Kier alpha value is -3.58. The van der Waals surface area contributed by atoms with Crippen LogP contribution in [0, 0.1) is 12.7 Å². The number of halogens is 2. The molecule has 0 spiro atoms. The van der Waals surface area contributed by atoms with Crippen molar-refractivity contribution in [3.63, 3.8) is 0 Å².